The van der Waals surface area contributed by atoms with Crippen molar-refractivity contribution in [3.05, 3.63) is 83.9 Å². The quantitative estimate of drug-likeness (QED) is 0.0178. The number of carbonyl (C=O) groups excluding carboxylic acids is 7. The van der Waals surface area contributed by atoms with E-state index >= 15 is 0 Å². The van der Waals surface area contributed by atoms with E-state index in [9.17, 15) is 63.6 Å². The lowest BCUT2D eigenvalue weighted by Crippen LogP contribution is -2.60. The lowest BCUT2D eigenvalue weighted by Gasteiger charge is -2.27. The molecule has 0 spiro atoms. The van der Waals surface area contributed by atoms with Crippen molar-refractivity contribution in [2.24, 2.45) is 17.2 Å². The van der Waals surface area contributed by atoms with E-state index in [2.05, 4.69) is 47.2 Å². The van der Waals surface area contributed by atoms with Crippen LogP contribution in [0.5, 0.6) is 5.75 Å². The van der Waals surface area contributed by atoms with Crippen molar-refractivity contribution in [2.45, 2.75) is 107 Å². The highest BCUT2D eigenvalue weighted by atomic mass is 16.4. The second-order valence-electron chi connectivity index (χ2n) is 15.9. The summed E-state index contributed by atoms with van der Waals surface area (Å²) in [6.07, 6.45) is -1.48. The average Bonchev–Trinajstić information content (AvgIpc) is 3.81. The summed E-state index contributed by atoms with van der Waals surface area (Å²) in [6, 6.07) is 2.80. The van der Waals surface area contributed by atoms with E-state index in [4.69, 9.17) is 22.6 Å². The summed E-state index contributed by atoms with van der Waals surface area (Å²) in [7, 11) is 0. The molecular weight excluding hydrogens is 907 g/mol. The molecule has 26 nitrogen and oxygen atoms in total. The van der Waals surface area contributed by atoms with Crippen molar-refractivity contribution in [2.75, 3.05) is 6.54 Å². The number of phenols is 1. The van der Waals surface area contributed by atoms with Gasteiger partial charge in [0.25, 0.3) is 0 Å². The zero-order valence-electron chi connectivity index (χ0n) is 37.5. The molecular formula is C43H59N13O13. The number of guanidine groups is 1. The van der Waals surface area contributed by atoms with Crippen molar-refractivity contribution in [1.82, 2.24) is 47.2 Å². The van der Waals surface area contributed by atoms with E-state index in [0.717, 1.165) is 0 Å². The van der Waals surface area contributed by atoms with Crippen LogP contribution in [0.4, 0.5) is 0 Å². The summed E-state index contributed by atoms with van der Waals surface area (Å²) in [4.78, 5) is 125. The topological polar surface area (TPSA) is 449 Å². The van der Waals surface area contributed by atoms with Gasteiger partial charge in [-0.3, -0.25) is 43.8 Å². The number of aliphatic hydroxyl groups excluding tert-OH is 1. The number of aliphatic hydroxyl groups is 1. The first kappa shape index (κ1) is 55.2. The summed E-state index contributed by atoms with van der Waals surface area (Å²) < 4.78 is 0. The Morgan fingerprint density at radius 1 is 0.667 bits per heavy atom. The second-order valence-corrected chi connectivity index (χ2v) is 15.9. The van der Waals surface area contributed by atoms with Crippen LogP contribution in [0.3, 0.4) is 0 Å². The molecule has 0 unspecified atom stereocenters. The minimum atomic E-state index is -1.82. The lowest BCUT2D eigenvalue weighted by atomic mass is 10.0. The van der Waals surface area contributed by atoms with Crippen LogP contribution in [-0.2, 0) is 62.4 Å². The summed E-state index contributed by atoms with van der Waals surface area (Å²) in [5.74, 6) is -10.7. The number of aromatic hydroxyl groups is 1. The van der Waals surface area contributed by atoms with Gasteiger partial charge in [-0.05, 0) is 49.4 Å². The van der Waals surface area contributed by atoms with Gasteiger partial charge in [0.05, 0.1) is 24.5 Å². The average molecular weight is 966 g/mol. The molecule has 26 heteroatoms. The predicted molar refractivity (Wildman–Crippen MR) is 243 cm³/mol. The SMILES string of the molecule is C[C@@H](O)[C@H](N)C(=O)N[C@@H](CC(=O)O)C(=O)N[C@@H](CCCNC(=N)N)C(=O)N[C@@H](CCC(N)=O)C(=O)N[C@@H](Cc1ccc(O)cc1)C(=O)N[C@@H](Cc1c[nH]cn1)C(=O)N[C@@H](Cc1ccccc1)C(=O)O. The van der Waals surface area contributed by atoms with Crippen LogP contribution >= 0.6 is 0 Å². The zero-order chi connectivity index (χ0) is 51.2. The van der Waals surface area contributed by atoms with E-state index < -0.39 is 127 Å². The highest BCUT2D eigenvalue weighted by molar-refractivity contribution is 5.98. The number of carbonyl (C=O) groups is 9. The molecule has 1 aromatic heterocycles. The fourth-order valence-electron chi connectivity index (χ4n) is 6.53. The number of phenolic OH excluding ortho intramolecular Hbond substituents is 1. The van der Waals surface area contributed by atoms with Gasteiger partial charge in [0, 0.05) is 38.4 Å². The number of H-pyrrole nitrogens is 1. The first-order valence-corrected chi connectivity index (χ1v) is 21.5. The number of benzene rings is 2. The number of aromatic nitrogens is 2. The predicted octanol–water partition coefficient (Wildman–Crippen LogP) is -4.15. The number of carboxylic acids is 2. The Bertz CT molecular complexity index is 2250. The zero-order valence-corrected chi connectivity index (χ0v) is 37.5. The van der Waals surface area contributed by atoms with Crippen LogP contribution in [-0.4, -0.2) is 145 Å². The van der Waals surface area contributed by atoms with Crippen LogP contribution in [0.25, 0.3) is 0 Å². The van der Waals surface area contributed by atoms with E-state index in [-0.39, 0.29) is 50.1 Å². The van der Waals surface area contributed by atoms with Crippen molar-refractivity contribution in [1.29, 1.82) is 5.41 Å². The number of amides is 7. The molecule has 0 aliphatic carbocycles. The van der Waals surface area contributed by atoms with Gasteiger partial charge >= 0.3 is 11.9 Å². The first-order chi connectivity index (χ1) is 32.6. The molecule has 19 N–H and O–H groups in total. The third-order valence-electron chi connectivity index (χ3n) is 10.3. The molecule has 1 heterocycles. The molecule has 3 rings (SSSR count). The van der Waals surface area contributed by atoms with Crippen LogP contribution in [0.15, 0.2) is 67.1 Å². The minimum absolute atomic E-state index is 0.00366. The van der Waals surface area contributed by atoms with Crippen molar-refractivity contribution in [3.63, 3.8) is 0 Å². The Hall–Kier alpha value is -8.13. The lowest BCUT2D eigenvalue weighted by molar-refractivity contribution is -0.142. The summed E-state index contributed by atoms with van der Waals surface area (Å²) >= 11 is 0. The highest BCUT2D eigenvalue weighted by Crippen LogP contribution is 2.14. The molecule has 3 aromatic rings. The summed E-state index contributed by atoms with van der Waals surface area (Å²) in [5.41, 5.74) is 17.7. The molecule has 0 fully saturated rings. The number of imidazole rings is 1. The smallest absolute Gasteiger partial charge is 0.326 e. The molecule has 7 amide bonds. The third-order valence-corrected chi connectivity index (χ3v) is 10.3. The van der Waals surface area contributed by atoms with Crippen LogP contribution < -0.4 is 54.4 Å². The van der Waals surface area contributed by atoms with Crippen LogP contribution in [0, 0.1) is 5.41 Å². The molecule has 0 saturated carbocycles. The largest absolute Gasteiger partial charge is 0.508 e. The number of aromatic amines is 1. The Morgan fingerprint density at radius 2 is 1.16 bits per heavy atom. The van der Waals surface area contributed by atoms with Gasteiger partial charge in [-0.25, -0.2) is 9.78 Å². The number of aliphatic carboxylic acids is 2. The van der Waals surface area contributed by atoms with E-state index in [1.165, 1.54) is 43.7 Å². The Balaban J connectivity index is 1.97. The fraction of sp³-hybridized carbons (Fsp3) is 0.419. The van der Waals surface area contributed by atoms with Gasteiger partial charge < -0.3 is 79.8 Å². The van der Waals surface area contributed by atoms with E-state index in [1.54, 1.807) is 30.3 Å². The van der Waals surface area contributed by atoms with Crippen LogP contribution in [0.2, 0.25) is 0 Å². The maximum Gasteiger partial charge on any atom is 0.326 e. The van der Waals surface area contributed by atoms with Gasteiger partial charge in [0.1, 0.15) is 48.0 Å². The van der Waals surface area contributed by atoms with Gasteiger partial charge in [-0.15, -0.1) is 0 Å². The van der Waals surface area contributed by atoms with Gasteiger partial charge in [-0.1, -0.05) is 42.5 Å². The monoisotopic (exact) mass is 965 g/mol. The van der Waals surface area contributed by atoms with E-state index in [1.807, 2.05) is 0 Å². The number of nitrogens with two attached hydrogens (primary N) is 3. The molecule has 2 aromatic carbocycles. The van der Waals surface area contributed by atoms with Crippen LogP contribution in [0.1, 0.15) is 55.8 Å². The Morgan fingerprint density at radius 3 is 1.68 bits per heavy atom. The molecule has 69 heavy (non-hydrogen) atoms. The molecule has 0 aliphatic heterocycles. The Labute approximate surface area is 394 Å². The fourth-order valence-corrected chi connectivity index (χ4v) is 6.53. The number of hydrogen-bond donors (Lipinski definition) is 16. The highest BCUT2D eigenvalue weighted by Gasteiger charge is 2.35. The Kier molecular flexibility index (Phi) is 22.0. The molecule has 0 radical (unpaired) electrons. The number of primary amides is 1. The number of nitrogens with zero attached hydrogens (tertiary/aromatic N) is 1. The normalized spacial score (nSPS) is 14.4. The maximum atomic E-state index is 14.3. The summed E-state index contributed by atoms with van der Waals surface area (Å²) in [6.45, 7) is 1.18. The van der Waals surface area contributed by atoms with Crippen molar-refractivity contribution in [3.8, 4) is 5.75 Å². The number of carboxylic acid groups (broad SMARTS) is 2. The molecule has 0 saturated heterocycles. The van der Waals surface area contributed by atoms with Crippen molar-refractivity contribution >= 4 is 59.2 Å². The van der Waals surface area contributed by atoms with Gasteiger partial charge in [0.15, 0.2) is 5.96 Å². The first-order valence-electron chi connectivity index (χ1n) is 21.5. The number of rotatable bonds is 29. The van der Waals surface area contributed by atoms with Crippen molar-refractivity contribution < 1.29 is 63.6 Å². The minimum Gasteiger partial charge on any atom is -0.508 e. The van der Waals surface area contributed by atoms with Gasteiger partial charge in [0.2, 0.25) is 41.4 Å². The number of hydrogen-bond acceptors (Lipinski definition) is 14. The van der Waals surface area contributed by atoms with Gasteiger partial charge in [-0.2, -0.15) is 0 Å². The maximum absolute atomic E-state index is 14.3. The third kappa shape index (κ3) is 19.7. The molecule has 8 atom stereocenters. The summed E-state index contributed by atoms with van der Waals surface area (Å²) in [5, 5.41) is 63.6. The standard InChI is InChI=1S/C43H59N13O13/c1-22(57)35(45)41(67)55-31(19-34(60)61)40(66)51-27(8-5-15-49-43(46)47)36(62)52-28(13-14-33(44)59)37(63)53-29(16-24-9-11-26(58)12-10-24)38(64)54-30(18-25-20-48-21-50-25)39(65)56-32(42(68)69)17-23-6-3-2-4-7-23/h2-4,6-7,9-12,20-22,27-32,35,57-58H,5,8,13-19,45H2,1H3,(H2,44,59)(H,48,50)(H,51,66)(H,52,62)(H,53,63)(H,54,64)(H,55,67)(H,56,65)(H,60,61)(H,68,69)(H4,46,47,49)/t22-,27+,28+,29+,30+,31+,32+,35+/m1/s1. The van der Waals surface area contributed by atoms with E-state index in [0.29, 0.717) is 11.1 Å². The molecule has 0 aliphatic rings. The second kappa shape index (κ2) is 27.5. The molecule has 374 valence electrons. The number of nitrogens with one attached hydrogen (secondary N) is 9. The molecule has 0 bridgehead atoms.